The molecule has 0 aliphatic heterocycles. The van der Waals surface area contributed by atoms with Gasteiger partial charge in [-0.2, -0.15) is 5.10 Å². The highest BCUT2D eigenvalue weighted by atomic mass is 79.9. The van der Waals surface area contributed by atoms with Gasteiger partial charge in [0, 0.05) is 20.0 Å². The predicted molar refractivity (Wildman–Crippen MR) is 92.1 cm³/mol. The molecule has 0 bridgehead atoms. The molecule has 0 saturated carbocycles. The van der Waals surface area contributed by atoms with Crippen LogP contribution in [0.4, 0.5) is 0 Å². The van der Waals surface area contributed by atoms with Crippen molar-refractivity contribution in [2.24, 2.45) is 5.10 Å². The summed E-state index contributed by atoms with van der Waals surface area (Å²) in [7, 11) is 0. The topological polar surface area (TPSA) is 41.5 Å². The number of carbonyl (C=O) groups is 1. The van der Waals surface area contributed by atoms with Crippen LogP contribution in [0.15, 0.2) is 63.0 Å². The minimum absolute atomic E-state index is 0.154. The van der Waals surface area contributed by atoms with Gasteiger partial charge < -0.3 is 0 Å². The quantitative estimate of drug-likeness (QED) is 0.474. The summed E-state index contributed by atoms with van der Waals surface area (Å²) in [4.78, 5) is 12.7. The van der Waals surface area contributed by atoms with Gasteiger partial charge in [-0.1, -0.05) is 45.7 Å². The molecule has 0 atom stereocenters. The zero-order valence-electron chi connectivity index (χ0n) is 10.9. The molecule has 0 spiro atoms. The molecular weight excluding hydrogens is 372 g/mol. The molecule has 2 aromatic rings. The zero-order chi connectivity index (χ0) is 15.1. The van der Waals surface area contributed by atoms with Crippen LogP contribution in [-0.2, 0) is 4.79 Å². The van der Waals surface area contributed by atoms with E-state index in [4.69, 9.17) is 11.6 Å². The summed E-state index contributed by atoms with van der Waals surface area (Å²) in [6, 6.07) is 15.0. The van der Waals surface area contributed by atoms with Crippen LogP contribution in [-0.4, -0.2) is 17.9 Å². The first kappa shape index (κ1) is 16.1. The van der Waals surface area contributed by atoms with Gasteiger partial charge in [-0.25, -0.2) is 5.43 Å². The Bertz CT molecular complexity index is 646. The first-order valence-electron chi connectivity index (χ1n) is 6.10. The molecule has 1 amide bonds. The number of nitrogens with one attached hydrogen (secondary N) is 1. The number of amides is 1. The van der Waals surface area contributed by atoms with Crippen molar-refractivity contribution in [1.82, 2.24) is 5.43 Å². The third-order valence-electron chi connectivity index (χ3n) is 2.48. The normalized spacial score (nSPS) is 10.8. The van der Waals surface area contributed by atoms with Gasteiger partial charge >= 0.3 is 0 Å². The predicted octanol–water partition coefficient (Wildman–Crippen LogP) is 4.34. The second-order valence-electron chi connectivity index (χ2n) is 4.06. The molecule has 0 unspecified atom stereocenters. The Morgan fingerprint density at radius 3 is 2.67 bits per heavy atom. The van der Waals surface area contributed by atoms with Gasteiger partial charge in [0.1, 0.15) is 0 Å². The van der Waals surface area contributed by atoms with Crippen LogP contribution in [0.25, 0.3) is 0 Å². The van der Waals surface area contributed by atoms with Crippen LogP contribution in [0, 0.1) is 0 Å². The average molecular weight is 384 g/mol. The van der Waals surface area contributed by atoms with Crippen molar-refractivity contribution in [3.63, 3.8) is 0 Å². The fourth-order valence-electron chi connectivity index (χ4n) is 1.47. The summed E-state index contributed by atoms with van der Waals surface area (Å²) in [5.41, 5.74) is 3.41. The van der Waals surface area contributed by atoms with Crippen molar-refractivity contribution < 1.29 is 4.79 Å². The summed E-state index contributed by atoms with van der Waals surface area (Å²) in [6.07, 6.45) is 1.61. The molecule has 0 saturated heterocycles. The Balaban J connectivity index is 1.80. The van der Waals surface area contributed by atoms with Crippen LogP contribution in [0.2, 0.25) is 5.02 Å². The number of hydrazone groups is 1. The summed E-state index contributed by atoms with van der Waals surface area (Å²) in [5.74, 6) is 0.146. The second kappa shape index (κ2) is 8.22. The van der Waals surface area contributed by atoms with Gasteiger partial charge in [-0.15, -0.1) is 11.8 Å². The fraction of sp³-hybridized carbons (Fsp3) is 0.0667. The number of halogens is 2. The molecule has 2 rings (SSSR count). The molecule has 0 aromatic heterocycles. The maximum absolute atomic E-state index is 11.7. The van der Waals surface area contributed by atoms with Crippen LogP contribution in [0.5, 0.6) is 0 Å². The van der Waals surface area contributed by atoms with E-state index >= 15 is 0 Å². The minimum atomic E-state index is -0.154. The Labute approximate surface area is 140 Å². The molecule has 21 heavy (non-hydrogen) atoms. The van der Waals surface area contributed by atoms with E-state index in [2.05, 4.69) is 26.5 Å². The van der Waals surface area contributed by atoms with Crippen LogP contribution >= 0.6 is 39.3 Å². The number of nitrogens with zero attached hydrogens (tertiary/aromatic N) is 1. The lowest BCUT2D eigenvalue weighted by Gasteiger charge is -2.01. The molecule has 0 fully saturated rings. The van der Waals surface area contributed by atoms with Gasteiger partial charge in [0.15, 0.2) is 0 Å². The number of benzene rings is 2. The van der Waals surface area contributed by atoms with E-state index in [0.29, 0.717) is 10.8 Å². The summed E-state index contributed by atoms with van der Waals surface area (Å²) in [5, 5.41) is 4.62. The highest BCUT2D eigenvalue weighted by Gasteiger charge is 2.01. The van der Waals surface area contributed by atoms with E-state index in [0.717, 1.165) is 14.9 Å². The van der Waals surface area contributed by atoms with Crippen molar-refractivity contribution >= 4 is 51.4 Å². The van der Waals surface area contributed by atoms with E-state index in [1.54, 1.807) is 18.3 Å². The number of rotatable bonds is 5. The third kappa shape index (κ3) is 5.53. The molecule has 1 N–H and O–H groups in total. The standard InChI is InChI=1S/C15H12BrClN2OS/c16-14-4-2-1-3-11(14)9-18-19-15(20)10-21-13-7-5-12(17)6-8-13/h1-9H,10H2,(H,19,20)/b18-9-. The van der Waals surface area contributed by atoms with Crippen molar-refractivity contribution in [1.29, 1.82) is 0 Å². The molecular formula is C15H12BrClN2OS. The summed E-state index contributed by atoms with van der Waals surface area (Å²) in [6.45, 7) is 0. The van der Waals surface area contributed by atoms with E-state index in [-0.39, 0.29) is 5.91 Å². The van der Waals surface area contributed by atoms with Gasteiger partial charge in [-0.3, -0.25) is 4.79 Å². The van der Waals surface area contributed by atoms with Crippen molar-refractivity contribution in [2.75, 3.05) is 5.75 Å². The summed E-state index contributed by atoms with van der Waals surface area (Å²) >= 11 is 10.6. The van der Waals surface area contributed by atoms with Gasteiger partial charge in [-0.05, 0) is 30.3 Å². The fourth-order valence-corrected chi connectivity index (χ4v) is 2.67. The SMILES string of the molecule is O=C(CSc1ccc(Cl)cc1)N/N=C\c1ccccc1Br. The van der Waals surface area contributed by atoms with E-state index in [9.17, 15) is 4.79 Å². The maximum Gasteiger partial charge on any atom is 0.250 e. The summed E-state index contributed by atoms with van der Waals surface area (Å²) < 4.78 is 0.929. The first-order valence-corrected chi connectivity index (χ1v) is 8.25. The molecule has 0 radical (unpaired) electrons. The van der Waals surface area contributed by atoms with E-state index in [1.807, 2.05) is 36.4 Å². The molecule has 6 heteroatoms. The van der Waals surface area contributed by atoms with Gasteiger partial charge in [0.25, 0.3) is 0 Å². The number of hydrogen-bond acceptors (Lipinski definition) is 3. The largest absolute Gasteiger partial charge is 0.272 e. The molecule has 0 aliphatic rings. The molecule has 3 nitrogen and oxygen atoms in total. The lowest BCUT2D eigenvalue weighted by molar-refractivity contribution is -0.118. The Kier molecular flexibility index (Phi) is 6.29. The Hall–Kier alpha value is -1.30. The second-order valence-corrected chi connectivity index (χ2v) is 6.40. The van der Waals surface area contributed by atoms with Crippen molar-refractivity contribution in [3.05, 3.63) is 63.6 Å². The minimum Gasteiger partial charge on any atom is -0.272 e. The highest BCUT2D eigenvalue weighted by Crippen LogP contribution is 2.19. The lowest BCUT2D eigenvalue weighted by atomic mass is 10.2. The lowest BCUT2D eigenvalue weighted by Crippen LogP contribution is -2.19. The zero-order valence-corrected chi connectivity index (χ0v) is 14.1. The van der Waals surface area contributed by atoms with E-state index in [1.165, 1.54) is 11.8 Å². The van der Waals surface area contributed by atoms with E-state index < -0.39 is 0 Å². The Morgan fingerprint density at radius 1 is 1.24 bits per heavy atom. The van der Waals surface area contributed by atoms with Crippen LogP contribution in [0.1, 0.15) is 5.56 Å². The smallest absolute Gasteiger partial charge is 0.250 e. The highest BCUT2D eigenvalue weighted by molar-refractivity contribution is 9.10. The maximum atomic E-state index is 11.7. The van der Waals surface area contributed by atoms with Crippen LogP contribution in [0.3, 0.4) is 0 Å². The molecule has 2 aromatic carbocycles. The van der Waals surface area contributed by atoms with Gasteiger partial charge in [0.2, 0.25) is 5.91 Å². The Morgan fingerprint density at radius 2 is 1.95 bits per heavy atom. The monoisotopic (exact) mass is 382 g/mol. The number of thioether (sulfide) groups is 1. The number of hydrogen-bond donors (Lipinski definition) is 1. The molecule has 0 heterocycles. The first-order chi connectivity index (χ1) is 10.1. The van der Waals surface area contributed by atoms with Gasteiger partial charge in [0.05, 0.1) is 12.0 Å². The third-order valence-corrected chi connectivity index (χ3v) is 4.47. The number of carbonyl (C=O) groups excluding carboxylic acids is 1. The van der Waals surface area contributed by atoms with Crippen molar-refractivity contribution in [3.8, 4) is 0 Å². The molecule has 108 valence electrons. The van der Waals surface area contributed by atoms with Crippen LogP contribution < -0.4 is 5.43 Å². The molecule has 0 aliphatic carbocycles. The van der Waals surface area contributed by atoms with Crippen molar-refractivity contribution in [2.45, 2.75) is 4.90 Å². The average Bonchev–Trinajstić information content (AvgIpc) is 2.49.